The average molecular weight is 457 g/mol. The summed E-state index contributed by atoms with van der Waals surface area (Å²) in [5, 5.41) is 11.6. The van der Waals surface area contributed by atoms with Crippen LogP contribution in [0.2, 0.25) is 5.02 Å². The molecule has 142 valence electrons. The van der Waals surface area contributed by atoms with E-state index >= 15 is 0 Å². The van der Waals surface area contributed by atoms with E-state index in [1.165, 1.54) is 0 Å². The summed E-state index contributed by atoms with van der Waals surface area (Å²) in [6.07, 6.45) is -0.277. The van der Waals surface area contributed by atoms with E-state index in [9.17, 15) is 9.90 Å². The molecular formula is C23H19BrClNO2. The second kappa shape index (κ2) is 8.08. The molecule has 0 aromatic heterocycles. The van der Waals surface area contributed by atoms with E-state index in [0.717, 1.165) is 15.7 Å². The summed E-state index contributed by atoms with van der Waals surface area (Å²) in [6.45, 7) is 0. The average Bonchev–Trinajstić information content (AvgIpc) is 3.06. The summed E-state index contributed by atoms with van der Waals surface area (Å²) >= 11 is 9.49. The fourth-order valence-electron chi connectivity index (χ4n) is 3.91. The lowest BCUT2D eigenvalue weighted by Gasteiger charge is -2.31. The molecule has 1 aliphatic rings. The Morgan fingerprint density at radius 1 is 0.964 bits per heavy atom. The molecule has 0 radical (unpaired) electrons. The van der Waals surface area contributed by atoms with Gasteiger partial charge in [0.15, 0.2) is 5.78 Å². The molecule has 3 aromatic rings. The zero-order valence-electron chi connectivity index (χ0n) is 15.0. The second-order valence-electron chi connectivity index (χ2n) is 6.93. The molecule has 3 atom stereocenters. The molecule has 5 heteroatoms. The maximum absolute atomic E-state index is 13.5. The summed E-state index contributed by atoms with van der Waals surface area (Å²) in [6, 6.07) is 24.0. The van der Waals surface area contributed by atoms with Crippen molar-refractivity contribution < 1.29 is 9.90 Å². The van der Waals surface area contributed by atoms with Crippen molar-refractivity contribution in [1.82, 2.24) is 0 Å². The Hall–Kier alpha value is -2.14. The largest absolute Gasteiger partial charge is 0.374 e. The zero-order valence-corrected chi connectivity index (χ0v) is 17.3. The summed E-state index contributed by atoms with van der Waals surface area (Å²) in [7, 11) is 0. The van der Waals surface area contributed by atoms with E-state index in [0.29, 0.717) is 17.0 Å². The molecule has 0 spiro atoms. The van der Waals surface area contributed by atoms with E-state index < -0.39 is 12.3 Å². The van der Waals surface area contributed by atoms with Gasteiger partial charge in [-0.25, -0.2) is 0 Å². The van der Waals surface area contributed by atoms with Gasteiger partial charge in [0.05, 0.1) is 0 Å². The van der Waals surface area contributed by atoms with Crippen molar-refractivity contribution in [2.45, 2.75) is 24.6 Å². The summed E-state index contributed by atoms with van der Waals surface area (Å²) in [5.74, 6) is -0.136. The predicted octanol–water partition coefficient (Wildman–Crippen LogP) is 5.67. The van der Waals surface area contributed by atoms with Crippen molar-refractivity contribution in [3.05, 3.63) is 99.5 Å². The van der Waals surface area contributed by atoms with Crippen LogP contribution in [0.4, 0.5) is 5.69 Å². The third-order valence-corrected chi connectivity index (χ3v) is 6.00. The van der Waals surface area contributed by atoms with Crippen LogP contribution < -0.4 is 4.90 Å². The van der Waals surface area contributed by atoms with Gasteiger partial charge in [0, 0.05) is 33.1 Å². The highest BCUT2D eigenvalue weighted by atomic mass is 79.9. The van der Waals surface area contributed by atoms with Gasteiger partial charge in [0.2, 0.25) is 0 Å². The molecular weight excluding hydrogens is 438 g/mol. The fourth-order valence-corrected chi connectivity index (χ4v) is 4.30. The van der Waals surface area contributed by atoms with E-state index in [-0.39, 0.29) is 11.7 Å². The van der Waals surface area contributed by atoms with Crippen LogP contribution in [0.1, 0.15) is 28.3 Å². The van der Waals surface area contributed by atoms with Crippen LogP contribution >= 0.6 is 27.5 Å². The topological polar surface area (TPSA) is 40.5 Å². The van der Waals surface area contributed by atoms with Crippen LogP contribution in [0.15, 0.2) is 83.3 Å². The van der Waals surface area contributed by atoms with Crippen LogP contribution in [0.25, 0.3) is 0 Å². The predicted molar refractivity (Wildman–Crippen MR) is 116 cm³/mol. The van der Waals surface area contributed by atoms with Crippen LogP contribution in [0.5, 0.6) is 0 Å². The molecule has 0 saturated carbocycles. The van der Waals surface area contributed by atoms with Gasteiger partial charge in [-0.15, -0.1) is 0 Å². The zero-order chi connectivity index (χ0) is 19.7. The van der Waals surface area contributed by atoms with Gasteiger partial charge in [-0.05, 0) is 42.0 Å². The molecule has 28 heavy (non-hydrogen) atoms. The molecule has 0 bridgehead atoms. The van der Waals surface area contributed by atoms with Crippen molar-refractivity contribution in [2.24, 2.45) is 0 Å². The highest BCUT2D eigenvalue weighted by Crippen LogP contribution is 2.41. The molecule has 0 aliphatic carbocycles. The second-order valence-corrected chi connectivity index (χ2v) is 8.29. The van der Waals surface area contributed by atoms with Crippen molar-refractivity contribution in [1.29, 1.82) is 0 Å². The SMILES string of the molecule is O=C(c1ccccc1)[C@H]1[C@H](c2ccc(Cl)cc2)C[C@@H](O)N1c1ccc(Br)cc1. The summed E-state index contributed by atoms with van der Waals surface area (Å²) in [4.78, 5) is 15.3. The van der Waals surface area contributed by atoms with Gasteiger partial charge in [-0.2, -0.15) is 0 Å². The normalized spacial score (nSPS) is 21.7. The van der Waals surface area contributed by atoms with Gasteiger partial charge in [-0.1, -0.05) is 70.0 Å². The first-order chi connectivity index (χ1) is 13.5. The Morgan fingerprint density at radius 2 is 1.61 bits per heavy atom. The molecule has 4 rings (SSSR count). The summed E-state index contributed by atoms with van der Waals surface area (Å²) in [5.41, 5.74) is 2.46. The first-order valence-corrected chi connectivity index (χ1v) is 10.3. The smallest absolute Gasteiger partial charge is 0.185 e. The number of aliphatic hydroxyl groups is 1. The molecule has 1 aliphatic heterocycles. The van der Waals surface area contributed by atoms with Crippen LogP contribution in [0.3, 0.4) is 0 Å². The van der Waals surface area contributed by atoms with Gasteiger partial charge in [0.25, 0.3) is 0 Å². The van der Waals surface area contributed by atoms with E-state index in [1.54, 1.807) is 0 Å². The van der Waals surface area contributed by atoms with Crippen LogP contribution in [-0.4, -0.2) is 23.2 Å². The highest BCUT2D eigenvalue weighted by molar-refractivity contribution is 9.10. The molecule has 1 saturated heterocycles. The lowest BCUT2D eigenvalue weighted by molar-refractivity contribution is 0.0946. The van der Waals surface area contributed by atoms with Gasteiger partial charge in [-0.3, -0.25) is 4.79 Å². The number of aliphatic hydroxyl groups excluding tert-OH is 1. The highest BCUT2D eigenvalue weighted by Gasteiger charge is 2.45. The standard InChI is InChI=1S/C23H19BrClNO2/c24-17-8-12-19(13-9-17)26-21(27)14-20(15-6-10-18(25)11-7-15)22(26)23(28)16-4-2-1-3-5-16/h1-13,20-22,27H,14H2/t20-,21+,22+/m0/s1. The first kappa shape index (κ1) is 19.2. The number of halogens is 2. The lowest BCUT2D eigenvalue weighted by Crippen LogP contribution is -2.42. The number of carbonyl (C=O) groups is 1. The number of ketones is 1. The molecule has 0 amide bonds. The fraction of sp³-hybridized carbons (Fsp3) is 0.174. The van der Waals surface area contributed by atoms with Crippen molar-refractivity contribution >= 4 is 39.0 Å². The van der Waals surface area contributed by atoms with E-state index in [2.05, 4.69) is 15.9 Å². The molecule has 1 N–H and O–H groups in total. The minimum Gasteiger partial charge on any atom is -0.374 e. The molecule has 0 unspecified atom stereocenters. The quantitative estimate of drug-likeness (QED) is 0.515. The van der Waals surface area contributed by atoms with E-state index in [4.69, 9.17) is 11.6 Å². The van der Waals surface area contributed by atoms with Crippen molar-refractivity contribution in [3.63, 3.8) is 0 Å². The number of anilines is 1. The van der Waals surface area contributed by atoms with Gasteiger partial charge < -0.3 is 10.0 Å². The Kier molecular flexibility index (Phi) is 5.54. The van der Waals surface area contributed by atoms with Gasteiger partial charge >= 0.3 is 0 Å². The Balaban J connectivity index is 1.79. The lowest BCUT2D eigenvalue weighted by atomic mass is 9.87. The summed E-state index contributed by atoms with van der Waals surface area (Å²) < 4.78 is 0.949. The molecule has 3 nitrogen and oxygen atoms in total. The maximum Gasteiger partial charge on any atom is 0.185 e. The number of nitrogens with zero attached hydrogens (tertiary/aromatic N) is 1. The van der Waals surface area contributed by atoms with Crippen LogP contribution in [-0.2, 0) is 0 Å². The monoisotopic (exact) mass is 455 g/mol. The molecule has 1 heterocycles. The number of carbonyl (C=O) groups excluding carboxylic acids is 1. The van der Waals surface area contributed by atoms with Crippen molar-refractivity contribution in [2.75, 3.05) is 4.90 Å². The number of hydrogen-bond acceptors (Lipinski definition) is 3. The minimum atomic E-state index is -0.750. The number of Topliss-reactive ketones (excluding diaryl/α,β-unsaturated/α-hetero) is 1. The van der Waals surface area contributed by atoms with Gasteiger partial charge in [0.1, 0.15) is 12.3 Å². The Labute approximate surface area is 177 Å². The number of rotatable bonds is 4. The molecule has 1 fully saturated rings. The van der Waals surface area contributed by atoms with Crippen molar-refractivity contribution in [3.8, 4) is 0 Å². The van der Waals surface area contributed by atoms with Crippen LogP contribution in [0, 0.1) is 0 Å². The first-order valence-electron chi connectivity index (χ1n) is 9.11. The third kappa shape index (κ3) is 3.72. The Bertz CT molecular complexity index is 960. The maximum atomic E-state index is 13.5. The number of benzene rings is 3. The number of hydrogen-bond donors (Lipinski definition) is 1. The third-order valence-electron chi connectivity index (χ3n) is 5.22. The molecule has 3 aromatic carbocycles. The minimum absolute atomic E-state index is 0.0000174. The van der Waals surface area contributed by atoms with E-state index in [1.807, 2.05) is 83.8 Å². The Morgan fingerprint density at radius 3 is 2.25 bits per heavy atom.